The van der Waals surface area contributed by atoms with Gasteiger partial charge in [-0.25, -0.2) is 0 Å². The van der Waals surface area contributed by atoms with Crippen molar-refractivity contribution in [1.82, 2.24) is 9.38 Å². The quantitative estimate of drug-likeness (QED) is 0.296. The fourth-order valence-electron chi connectivity index (χ4n) is 6.29. The molecule has 2 aliphatic carbocycles. The standard InChI is InChI=1S/C30H18N2O/c33-20-9-10-22-21-5-1-3-7-24(21)30(25(22)16-20)13-11-18-15-19-17-31-14-12-26(19)32-27-8-4-2-6-23(27)28(30)29(18)32/h1-17,33H. The molecule has 0 saturated heterocycles. The second-order valence-electron chi connectivity index (χ2n) is 9.03. The van der Waals surface area contributed by atoms with Gasteiger partial charge in [-0.1, -0.05) is 60.7 Å². The molecule has 6 aromatic rings. The fraction of sp³-hybridized carbons (Fsp3) is 0.0333. The van der Waals surface area contributed by atoms with Gasteiger partial charge in [0.2, 0.25) is 0 Å². The Morgan fingerprint density at radius 3 is 2.61 bits per heavy atom. The van der Waals surface area contributed by atoms with Gasteiger partial charge < -0.3 is 9.51 Å². The van der Waals surface area contributed by atoms with E-state index < -0.39 is 5.41 Å². The maximum atomic E-state index is 10.5. The molecule has 2 aliphatic rings. The lowest BCUT2D eigenvalue weighted by molar-refractivity contribution is 0.474. The Morgan fingerprint density at radius 2 is 1.64 bits per heavy atom. The largest absolute Gasteiger partial charge is 0.508 e. The molecule has 0 amide bonds. The van der Waals surface area contributed by atoms with Crippen LogP contribution < -0.4 is 0 Å². The highest BCUT2D eigenvalue weighted by molar-refractivity contribution is 6.07. The molecule has 3 aromatic carbocycles. The maximum absolute atomic E-state index is 10.5. The number of phenolic OH excluding ortho intramolecular Hbond substituents is 1. The third kappa shape index (κ3) is 1.90. The lowest BCUT2D eigenvalue weighted by Crippen LogP contribution is -2.26. The van der Waals surface area contributed by atoms with Crippen LogP contribution in [0, 0.1) is 0 Å². The van der Waals surface area contributed by atoms with E-state index in [9.17, 15) is 5.11 Å². The van der Waals surface area contributed by atoms with Crippen molar-refractivity contribution in [3.8, 4) is 16.9 Å². The van der Waals surface area contributed by atoms with Gasteiger partial charge in [0.05, 0.1) is 22.0 Å². The van der Waals surface area contributed by atoms with E-state index in [-0.39, 0.29) is 0 Å². The molecule has 3 heteroatoms. The zero-order valence-corrected chi connectivity index (χ0v) is 17.7. The molecule has 0 radical (unpaired) electrons. The van der Waals surface area contributed by atoms with Crippen molar-refractivity contribution < 1.29 is 5.11 Å². The number of hydrogen-bond donors (Lipinski definition) is 1. The maximum Gasteiger partial charge on any atom is 0.115 e. The molecular weight excluding hydrogens is 404 g/mol. The normalized spacial score (nSPS) is 17.8. The third-order valence-electron chi connectivity index (χ3n) is 7.51. The summed E-state index contributed by atoms with van der Waals surface area (Å²) in [5, 5.41) is 12.9. The zero-order valence-electron chi connectivity index (χ0n) is 17.7. The van der Waals surface area contributed by atoms with Gasteiger partial charge in [-0.05, 0) is 58.1 Å². The summed E-state index contributed by atoms with van der Waals surface area (Å²) in [6.45, 7) is 0. The second-order valence-corrected chi connectivity index (χ2v) is 9.03. The van der Waals surface area contributed by atoms with Gasteiger partial charge in [-0.15, -0.1) is 0 Å². The average Bonchev–Trinajstić information content (AvgIpc) is 3.34. The van der Waals surface area contributed by atoms with E-state index in [4.69, 9.17) is 0 Å². The van der Waals surface area contributed by atoms with Gasteiger partial charge in [0.15, 0.2) is 0 Å². The van der Waals surface area contributed by atoms with E-state index in [1.165, 1.54) is 44.2 Å². The first-order valence-electron chi connectivity index (χ1n) is 11.2. The molecule has 0 aliphatic heterocycles. The van der Waals surface area contributed by atoms with Crippen LogP contribution in [0.5, 0.6) is 5.75 Å². The zero-order chi connectivity index (χ0) is 21.7. The smallest absolute Gasteiger partial charge is 0.115 e. The van der Waals surface area contributed by atoms with Gasteiger partial charge in [0, 0.05) is 28.7 Å². The van der Waals surface area contributed by atoms with Crippen LogP contribution in [0.25, 0.3) is 44.5 Å². The Morgan fingerprint density at radius 1 is 0.788 bits per heavy atom. The first-order valence-corrected chi connectivity index (χ1v) is 11.2. The van der Waals surface area contributed by atoms with Gasteiger partial charge >= 0.3 is 0 Å². The number of benzene rings is 3. The number of aromatic hydroxyl groups is 1. The summed E-state index contributed by atoms with van der Waals surface area (Å²) < 4.78 is 2.39. The summed E-state index contributed by atoms with van der Waals surface area (Å²) >= 11 is 0. The number of nitrogens with zero attached hydrogens (tertiary/aromatic N) is 2. The minimum atomic E-state index is -0.466. The van der Waals surface area contributed by atoms with Crippen molar-refractivity contribution in [3.05, 3.63) is 120 Å². The van der Waals surface area contributed by atoms with Crippen molar-refractivity contribution in [2.75, 3.05) is 0 Å². The molecule has 3 heterocycles. The Balaban J connectivity index is 1.67. The van der Waals surface area contributed by atoms with Crippen LogP contribution in [0.4, 0.5) is 0 Å². The van der Waals surface area contributed by atoms with E-state index in [0.29, 0.717) is 5.75 Å². The summed E-state index contributed by atoms with van der Waals surface area (Å²) in [6.07, 6.45) is 8.40. The molecule has 1 unspecified atom stereocenters. The highest BCUT2D eigenvalue weighted by Gasteiger charge is 2.47. The summed E-state index contributed by atoms with van der Waals surface area (Å²) in [5.74, 6) is 0.296. The number of allylic oxidation sites excluding steroid dienone is 1. The number of para-hydroxylation sites is 1. The number of phenols is 1. The first-order chi connectivity index (χ1) is 16.3. The van der Waals surface area contributed by atoms with E-state index >= 15 is 0 Å². The van der Waals surface area contributed by atoms with Gasteiger partial charge in [-0.3, -0.25) is 4.98 Å². The predicted octanol–water partition coefficient (Wildman–Crippen LogP) is 6.69. The Labute approximate surface area is 189 Å². The van der Waals surface area contributed by atoms with Crippen LogP contribution in [-0.4, -0.2) is 14.5 Å². The predicted molar refractivity (Wildman–Crippen MR) is 133 cm³/mol. The minimum Gasteiger partial charge on any atom is -0.508 e. The SMILES string of the molecule is Oc1ccc2c(c1)C1(C=Cc3cc4cnccc4n4c3c1c1ccccc14)c1ccccc1-2. The summed E-state index contributed by atoms with van der Waals surface area (Å²) in [6, 6.07) is 27.5. The van der Waals surface area contributed by atoms with Crippen LogP contribution in [0.1, 0.15) is 22.3 Å². The molecule has 0 saturated carbocycles. The molecule has 3 aromatic heterocycles. The van der Waals surface area contributed by atoms with Crippen molar-refractivity contribution in [2.45, 2.75) is 5.41 Å². The highest BCUT2D eigenvalue weighted by Crippen LogP contribution is 2.58. The number of rotatable bonds is 0. The van der Waals surface area contributed by atoms with E-state index in [0.717, 1.165) is 16.5 Å². The van der Waals surface area contributed by atoms with E-state index in [1.807, 2.05) is 18.5 Å². The molecular formula is C30H18N2O. The summed E-state index contributed by atoms with van der Waals surface area (Å²) in [7, 11) is 0. The minimum absolute atomic E-state index is 0.296. The molecule has 1 N–H and O–H groups in total. The third-order valence-corrected chi connectivity index (χ3v) is 7.51. The number of pyridine rings is 2. The average molecular weight is 422 g/mol. The lowest BCUT2D eigenvalue weighted by Gasteiger charge is -2.32. The van der Waals surface area contributed by atoms with Crippen LogP contribution in [0.15, 0.2) is 97.3 Å². The van der Waals surface area contributed by atoms with Crippen LogP contribution >= 0.6 is 0 Å². The van der Waals surface area contributed by atoms with E-state index in [1.54, 1.807) is 6.07 Å². The molecule has 154 valence electrons. The lowest BCUT2D eigenvalue weighted by atomic mass is 9.69. The van der Waals surface area contributed by atoms with Gasteiger partial charge in [-0.2, -0.15) is 0 Å². The number of fused-ring (bicyclic) bond motifs is 11. The Kier molecular flexibility index (Phi) is 2.97. The van der Waals surface area contributed by atoms with Crippen LogP contribution in [0.2, 0.25) is 0 Å². The van der Waals surface area contributed by atoms with Crippen molar-refractivity contribution in [3.63, 3.8) is 0 Å². The molecule has 33 heavy (non-hydrogen) atoms. The number of hydrogen-bond acceptors (Lipinski definition) is 2. The fourth-order valence-corrected chi connectivity index (χ4v) is 6.29. The monoisotopic (exact) mass is 422 g/mol. The highest BCUT2D eigenvalue weighted by atomic mass is 16.3. The van der Waals surface area contributed by atoms with E-state index in [2.05, 4.69) is 88.3 Å². The number of aromatic nitrogens is 2. The second kappa shape index (κ2) is 5.70. The molecule has 1 atom stereocenters. The molecule has 0 fully saturated rings. The van der Waals surface area contributed by atoms with Crippen molar-refractivity contribution in [1.29, 1.82) is 0 Å². The molecule has 1 spiro atoms. The Bertz CT molecular complexity index is 1840. The summed E-state index contributed by atoms with van der Waals surface area (Å²) in [4.78, 5) is 4.37. The summed E-state index contributed by atoms with van der Waals surface area (Å²) in [5.41, 5.74) is 10.4. The Hall–Kier alpha value is -4.37. The van der Waals surface area contributed by atoms with Gasteiger partial charge in [0.25, 0.3) is 0 Å². The first kappa shape index (κ1) is 17.2. The van der Waals surface area contributed by atoms with Gasteiger partial charge in [0.1, 0.15) is 5.75 Å². The topological polar surface area (TPSA) is 37.5 Å². The van der Waals surface area contributed by atoms with Crippen molar-refractivity contribution >= 4 is 33.4 Å². The molecule has 8 rings (SSSR count). The van der Waals surface area contributed by atoms with Crippen LogP contribution in [-0.2, 0) is 5.41 Å². The molecule has 0 bridgehead atoms. The molecule has 3 nitrogen and oxygen atoms in total. The van der Waals surface area contributed by atoms with Crippen molar-refractivity contribution in [2.24, 2.45) is 0 Å². The van der Waals surface area contributed by atoms with Crippen LogP contribution in [0.3, 0.4) is 0 Å².